The van der Waals surface area contributed by atoms with Crippen LogP contribution in [0.1, 0.15) is 39.0 Å². The summed E-state index contributed by atoms with van der Waals surface area (Å²) in [7, 11) is 0. The van der Waals surface area contributed by atoms with Crippen molar-refractivity contribution in [3.05, 3.63) is 22.7 Å². The maximum atomic E-state index is 12.0. The first-order valence-electron chi connectivity index (χ1n) is 7.34. The van der Waals surface area contributed by atoms with Crippen LogP contribution in [0.5, 0.6) is 0 Å². The lowest BCUT2D eigenvalue weighted by atomic mass is 9.98. The van der Waals surface area contributed by atoms with E-state index in [1.54, 1.807) is 12.4 Å². The van der Waals surface area contributed by atoms with Crippen molar-refractivity contribution in [2.45, 2.75) is 57.2 Å². The van der Waals surface area contributed by atoms with Crippen molar-refractivity contribution in [3.8, 4) is 0 Å². The second-order valence-electron chi connectivity index (χ2n) is 5.70. The van der Waals surface area contributed by atoms with Crippen LogP contribution in [0.2, 0.25) is 0 Å². The van der Waals surface area contributed by atoms with Crippen molar-refractivity contribution in [1.29, 1.82) is 0 Å². The summed E-state index contributed by atoms with van der Waals surface area (Å²) in [6.07, 6.45) is 9.13. The lowest BCUT2D eigenvalue weighted by Gasteiger charge is -2.38. The number of aromatic nitrogens is 2. The molecule has 2 aliphatic rings. The Kier molecular flexibility index (Phi) is 3.55. The highest BCUT2D eigenvalue weighted by Gasteiger charge is 2.36. The van der Waals surface area contributed by atoms with Gasteiger partial charge in [-0.3, -0.25) is 4.79 Å². The van der Waals surface area contributed by atoms with Crippen LogP contribution in [0.15, 0.2) is 17.2 Å². The maximum absolute atomic E-state index is 12.0. The van der Waals surface area contributed by atoms with Gasteiger partial charge in [0.15, 0.2) is 5.82 Å². The smallest absolute Gasteiger partial charge is 0.290 e. The maximum Gasteiger partial charge on any atom is 0.290 e. The van der Waals surface area contributed by atoms with Crippen LogP contribution in [-0.2, 0) is 0 Å². The minimum Gasteiger partial charge on any atom is -0.349 e. The number of rotatable bonds is 4. The Balaban J connectivity index is 1.85. The summed E-state index contributed by atoms with van der Waals surface area (Å²) in [5.74, 6) is 0.593. The van der Waals surface area contributed by atoms with Gasteiger partial charge < -0.3 is 15.2 Å². The van der Waals surface area contributed by atoms with E-state index in [9.17, 15) is 4.79 Å². The highest BCUT2D eigenvalue weighted by atomic mass is 16.1. The fourth-order valence-corrected chi connectivity index (χ4v) is 3.53. The minimum atomic E-state index is -0.0678. The van der Waals surface area contributed by atoms with Gasteiger partial charge in [-0.15, -0.1) is 0 Å². The van der Waals surface area contributed by atoms with Crippen molar-refractivity contribution in [1.82, 2.24) is 15.3 Å². The molecule has 3 rings (SSSR count). The Hall–Kier alpha value is -1.36. The topological polar surface area (TPSA) is 61.0 Å². The van der Waals surface area contributed by atoms with E-state index in [4.69, 9.17) is 0 Å². The molecule has 3 heterocycles. The molecular formula is C14H22N4O. The zero-order chi connectivity index (χ0) is 13.2. The third kappa shape index (κ3) is 2.52. The molecule has 0 aliphatic carbocycles. The molecule has 0 saturated carbocycles. The monoisotopic (exact) mass is 262 g/mol. The zero-order valence-corrected chi connectivity index (χ0v) is 11.4. The first kappa shape index (κ1) is 12.7. The summed E-state index contributed by atoms with van der Waals surface area (Å²) in [5, 5.41) is 3.65. The molecule has 0 aromatic carbocycles. The number of anilines is 1. The quantitative estimate of drug-likeness (QED) is 0.858. The van der Waals surface area contributed by atoms with Gasteiger partial charge in [-0.25, -0.2) is 4.98 Å². The molecule has 2 saturated heterocycles. The van der Waals surface area contributed by atoms with E-state index in [2.05, 4.69) is 27.1 Å². The third-order valence-corrected chi connectivity index (χ3v) is 4.31. The molecule has 2 aliphatic heterocycles. The van der Waals surface area contributed by atoms with Gasteiger partial charge in [-0.1, -0.05) is 6.92 Å². The van der Waals surface area contributed by atoms with Crippen LogP contribution >= 0.6 is 0 Å². The number of hydrogen-bond donors (Lipinski definition) is 2. The summed E-state index contributed by atoms with van der Waals surface area (Å²) in [6.45, 7) is 3.06. The van der Waals surface area contributed by atoms with E-state index < -0.39 is 0 Å². The van der Waals surface area contributed by atoms with E-state index >= 15 is 0 Å². The lowest BCUT2D eigenvalue weighted by Crippen LogP contribution is -2.50. The molecule has 2 unspecified atom stereocenters. The average Bonchev–Trinajstić information content (AvgIpc) is 2.76. The van der Waals surface area contributed by atoms with Crippen molar-refractivity contribution < 1.29 is 0 Å². The standard InChI is InChI=1S/C14H22N4O/c1-2-7-18(13-14(19)16-6-5-15-13)12-8-10-3-4-11(9-12)17-10/h5-6,10-12,17H,2-4,7-9H2,1H3,(H,16,19). The zero-order valence-electron chi connectivity index (χ0n) is 11.4. The van der Waals surface area contributed by atoms with E-state index in [1.807, 2.05) is 0 Å². The van der Waals surface area contributed by atoms with E-state index in [0.29, 0.717) is 23.9 Å². The number of hydrogen-bond acceptors (Lipinski definition) is 4. The Bertz CT molecular complexity index is 474. The van der Waals surface area contributed by atoms with Crippen LogP contribution in [0.25, 0.3) is 0 Å². The Morgan fingerprint density at radius 3 is 2.74 bits per heavy atom. The van der Waals surface area contributed by atoms with Crippen molar-refractivity contribution in [2.75, 3.05) is 11.4 Å². The van der Waals surface area contributed by atoms with Gasteiger partial charge >= 0.3 is 0 Å². The van der Waals surface area contributed by atoms with Gasteiger partial charge in [0, 0.05) is 37.1 Å². The Morgan fingerprint density at radius 1 is 1.37 bits per heavy atom. The Labute approximate surface area is 113 Å². The van der Waals surface area contributed by atoms with Crippen molar-refractivity contribution in [3.63, 3.8) is 0 Å². The van der Waals surface area contributed by atoms with Crippen molar-refractivity contribution >= 4 is 5.82 Å². The summed E-state index contributed by atoms with van der Waals surface area (Å²) >= 11 is 0. The number of piperidine rings is 1. The normalized spacial score (nSPS) is 29.4. The molecular weight excluding hydrogens is 240 g/mol. The van der Waals surface area contributed by atoms with Gasteiger partial charge in [0.05, 0.1) is 0 Å². The molecule has 2 N–H and O–H groups in total. The molecule has 2 atom stereocenters. The number of nitrogens with one attached hydrogen (secondary N) is 2. The van der Waals surface area contributed by atoms with Crippen LogP contribution in [0, 0.1) is 0 Å². The predicted molar refractivity (Wildman–Crippen MR) is 75.5 cm³/mol. The molecule has 19 heavy (non-hydrogen) atoms. The SMILES string of the molecule is CCCN(c1ncc[nH]c1=O)C1CC2CCC(C1)N2. The minimum absolute atomic E-state index is 0.0678. The van der Waals surface area contributed by atoms with Gasteiger partial charge in [-0.05, 0) is 32.1 Å². The highest BCUT2D eigenvalue weighted by Crippen LogP contribution is 2.30. The number of aromatic amines is 1. The number of H-pyrrole nitrogens is 1. The van der Waals surface area contributed by atoms with Gasteiger partial charge in [0.2, 0.25) is 0 Å². The van der Waals surface area contributed by atoms with Crippen LogP contribution in [0.3, 0.4) is 0 Å². The molecule has 5 nitrogen and oxygen atoms in total. The Morgan fingerprint density at radius 2 is 2.11 bits per heavy atom. The predicted octanol–water partition coefficient (Wildman–Crippen LogP) is 1.27. The average molecular weight is 262 g/mol. The molecule has 0 amide bonds. The first-order valence-corrected chi connectivity index (χ1v) is 7.34. The number of nitrogens with zero attached hydrogens (tertiary/aromatic N) is 2. The summed E-state index contributed by atoms with van der Waals surface area (Å²) in [4.78, 5) is 21.3. The molecule has 2 bridgehead atoms. The molecule has 1 aromatic heterocycles. The fraction of sp³-hybridized carbons (Fsp3) is 0.714. The van der Waals surface area contributed by atoms with Crippen molar-refractivity contribution in [2.24, 2.45) is 0 Å². The van der Waals surface area contributed by atoms with Crippen LogP contribution < -0.4 is 15.8 Å². The molecule has 0 radical (unpaired) electrons. The molecule has 5 heteroatoms. The molecule has 104 valence electrons. The van der Waals surface area contributed by atoms with Crippen LogP contribution in [-0.4, -0.2) is 34.6 Å². The van der Waals surface area contributed by atoms with E-state index in [1.165, 1.54) is 12.8 Å². The fourth-order valence-electron chi connectivity index (χ4n) is 3.53. The van der Waals surface area contributed by atoms with E-state index in [0.717, 1.165) is 25.8 Å². The first-order chi connectivity index (χ1) is 9.28. The third-order valence-electron chi connectivity index (χ3n) is 4.31. The second kappa shape index (κ2) is 5.33. The lowest BCUT2D eigenvalue weighted by molar-refractivity contribution is 0.345. The largest absolute Gasteiger partial charge is 0.349 e. The summed E-state index contributed by atoms with van der Waals surface area (Å²) in [6, 6.07) is 1.71. The van der Waals surface area contributed by atoms with Gasteiger partial charge in [0.25, 0.3) is 5.56 Å². The summed E-state index contributed by atoms with van der Waals surface area (Å²) in [5.41, 5.74) is -0.0678. The van der Waals surface area contributed by atoms with Gasteiger partial charge in [0.1, 0.15) is 0 Å². The van der Waals surface area contributed by atoms with Crippen LogP contribution in [0.4, 0.5) is 5.82 Å². The summed E-state index contributed by atoms with van der Waals surface area (Å²) < 4.78 is 0. The second-order valence-corrected chi connectivity index (χ2v) is 5.70. The molecule has 0 spiro atoms. The molecule has 1 aromatic rings. The van der Waals surface area contributed by atoms with E-state index in [-0.39, 0.29) is 5.56 Å². The highest BCUT2D eigenvalue weighted by molar-refractivity contribution is 5.37. The van der Waals surface area contributed by atoms with Gasteiger partial charge in [-0.2, -0.15) is 0 Å². The molecule has 2 fully saturated rings. The number of fused-ring (bicyclic) bond motifs is 2.